The van der Waals surface area contributed by atoms with Crippen LogP contribution in [-0.4, -0.2) is 62.2 Å². The highest BCUT2D eigenvalue weighted by molar-refractivity contribution is 5.94. The van der Waals surface area contributed by atoms with Crippen molar-refractivity contribution in [3.63, 3.8) is 0 Å². The summed E-state index contributed by atoms with van der Waals surface area (Å²) in [5.41, 5.74) is 1.12. The molecule has 32 heavy (non-hydrogen) atoms. The van der Waals surface area contributed by atoms with Gasteiger partial charge >= 0.3 is 0 Å². The zero-order chi connectivity index (χ0) is 22.3. The van der Waals surface area contributed by atoms with Gasteiger partial charge in [-0.1, -0.05) is 37.5 Å². The van der Waals surface area contributed by atoms with Gasteiger partial charge in [-0.15, -0.1) is 0 Å². The van der Waals surface area contributed by atoms with Crippen LogP contribution in [0.5, 0.6) is 5.75 Å². The Morgan fingerprint density at radius 3 is 2.53 bits per heavy atom. The smallest absolute Gasteiger partial charge is 0.231 e. The lowest BCUT2D eigenvalue weighted by molar-refractivity contribution is -0.123. The predicted octanol–water partition coefficient (Wildman–Crippen LogP) is 3.96. The number of rotatable bonds is 7. The van der Waals surface area contributed by atoms with Gasteiger partial charge in [0.15, 0.2) is 0 Å². The van der Waals surface area contributed by atoms with E-state index >= 15 is 0 Å². The largest absolute Gasteiger partial charge is 0.495 e. The summed E-state index contributed by atoms with van der Waals surface area (Å²) in [6, 6.07) is 12.8. The predicted molar refractivity (Wildman–Crippen MR) is 125 cm³/mol. The van der Waals surface area contributed by atoms with E-state index in [1.165, 1.54) is 12.5 Å². The molecule has 2 heterocycles. The first kappa shape index (κ1) is 22.5. The first-order chi connectivity index (χ1) is 15.7. The van der Waals surface area contributed by atoms with Crippen LogP contribution < -0.4 is 14.5 Å². The van der Waals surface area contributed by atoms with Crippen LogP contribution in [0.3, 0.4) is 0 Å². The Morgan fingerprint density at radius 2 is 1.81 bits per heavy atom. The van der Waals surface area contributed by atoms with E-state index in [1.54, 1.807) is 24.1 Å². The second-order valence-electron chi connectivity index (χ2n) is 8.64. The Kier molecular flexibility index (Phi) is 7.58. The summed E-state index contributed by atoms with van der Waals surface area (Å²) < 4.78 is 19.3. The third kappa shape index (κ3) is 5.38. The highest BCUT2D eigenvalue weighted by atomic mass is 18.2. The molecule has 2 fully saturated rings. The summed E-state index contributed by atoms with van der Waals surface area (Å²) in [5, 5.41) is 0. The molecule has 0 atom stereocenters. The molecule has 4 rings (SSSR count). The molecule has 172 valence electrons. The normalized spacial score (nSPS) is 17.9. The number of benzene rings is 1. The van der Waals surface area contributed by atoms with E-state index in [0.717, 1.165) is 69.8 Å². The van der Waals surface area contributed by atoms with Crippen LogP contribution in [0.25, 0.3) is 0 Å². The van der Waals surface area contributed by atoms with Crippen LogP contribution in [0.1, 0.15) is 32.1 Å². The van der Waals surface area contributed by atoms with Crippen LogP contribution in [0.4, 0.5) is 15.9 Å². The fourth-order valence-corrected chi connectivity index (χ4v) is 4.80. The zero-order valence-corrected chi connectivity index (χ0v) is 18.9. The fraction of sp³-hybridized carbons (Fsp3) is 0.520. The summed E-state index contributed by atoms with van der Waals surface area (Å²) in [5.74, 6) is 0.886. The van der Waals surface area contributed by atoms with E-state index in [2.05, 4.69) is 20.9 Å². The molecule has 2 aromatic rings. The van der Waals surface area contributed by atoms with Gasteiger partial charge < -0.3 is 9.64 Å². The summed E-state index contributed by atoms with van der Waals surface area (Å²) >= 11 is 0. The molecule has 2 aliphatic rings. The number of amides is 1. The molecule has 1 aliphatic heterocycles. The Labute approximate surface area is 190 Å². The molecule has 0 spiro atoms. The zero-order valence-electron chi connectivity index (χ0n) is 18.9. The Bertz CT molecular complexity index is 895. The number of nitrogens with zero attached hydrogens (tertiary/aromatic N) is 4. The average Bonchev–Trinajstić information content (AvgIpc) is 2.85. The monoisotopic (exact) mass is 439 g/mol. The van der Waals surface area contributed by atoms with Crippen molar-refractivity contribution < 1.29 is 13.9 Å². The first-order valence-electron chi connectivity index (χ1n) is 11.7. The number of hydrogen-bond donors (Lipinski definition) is 0. The van der Waals surface area contributed by atoms with Gasteiger partial charge in [-0.05, 0) is 37.1 Å². The maximum Gasteiger partial charge on any atom is 0.231 e. The molecular formula is C25H33FN4O2. The molecule has 0 unspecified atom stereocenters. The number of hydrogen-bond acceptors (Lipinski definition) is 5. The summed E-state index contributed by atoms with van der Waals surface area (Å²) in [6.07, 6.45) is 5.21. The van der Waals surface area contributed by atoms with Gasteiger partial charge in [0.1, 0.15) is 11.6 Å². The SMILES string of the molecule is COc1ccccc1N1CCN(CCN(C(=O)C2CCCCC2)c2cccc([18F])n2)CC1. The van der Waals surface area contributed by atoms with Gasteiger partial charge in [-0.25, -0.2) is 4.98 Å². The summed E-state index contributed by atoms with van der Waals surface area (Å²) in [7, 11) is 1.70. The molecule has 1 amide bonds. The Morgan fingerprint density at radius 1 is 1.06 bits per heavy atom. The van der Waals surface area contributed by atoms with E-state index in [1.807, 2.05) is 18.2 Å². The third-order valence-corrected chi connectivity index (χ3v) is 6.64. The maximum atomic E-state index is 13.8. The van der Waals surface area contributed by atoms with Crippen molar-refractivity contribution >= 4 is 17.4 Å². The van der Waals surface area contributed by atoms with E-state index < -0.39 is 5.95 Å². The van der Waals surface area contributed by atoms with Gasteiger partial charge in [-0.3, -0.25) is 14.6 Å². The van der Waals surface area contributed by atoms with E-state index in [9.17, 15) is 9.18 Å². The molecule has 1 saturated heterocycles. The molecule has 1 aromatic heterocycles. The second-order valence-corrected chi connectivity index (χ2v) is 8.64. The van der Waals surface area contributed by atoms with Gasteiger partial charge in [0.25, 0.3) is 0 Å². The standard InChI is InChI=1S/C25H33FN4O2/c1-32-22-11-6-5-10-21(22)29-17-14-28(15-18-29)16-19-30(24-13-7-12-23(26)27-24)25(31)20-8-3-2-4-9-20/h5-7,10-13,20H,2-4,8-9,14-19H2,1H3/i26-1. The Hall–Kier alpha value is -2.67. The van der Waals surface area contributed by atoms with Gasteiger partial charge in [-0.2, -0.15) is 4.39 Å². The first-order valence-corrected chi connectivity index (χ1v) is 11.7. The van der Waals surface area contributed by atoms with Crippen molar-refractivity contribution in [3.05, 3.63) is 48.4 Å². The van der Waals surface area contributed by atoms with Crippen molar-refractivity contribution in [2.45, 2.75) is 32.1 Å². The van der Waals surface area contributed by atoms with Gasteiger partial charge in [0.2, 0.25) is 11.9 Å². The molecule has 0 bridgehead atoms. The lowest BCUT2D eigenvalue weighted by Crippen LogP contribution is -2.50. The molecule has 1 aliphatic carbocycles. The number of anilines is 2. The Balaban J connectivity index is 1.38. The fourth-order valence-electron chi connectivity index (χ4n) is 4.80. The quantitative estimate of drug-likeness (QED) is 0.611. The van der Waals surface area contributed by atoms with Gasteiger partial charge in [0.05, 0.1) is 12.8 Å². The number of ether oxygens (including phenoxy) is 1. The minimum atomic E-state index is -0.547. The number of pyridine rings is 1. The van der Waals surface area contributed by atoms with E-state index in [4.69, 9.17) is 4.74 Å². The molecule has 7 heteroatoms. The molecule has 0 N–H and O–H groups in total. The number of carbonyl (C=O) groups excluding carboxylic acids is 1. The van der Waals surface area contributed by atoms with Crippen molar-refractivity contribution in [2.24, 2.45) is 5.92 Å². The average molecular weight is 440 g/mol. The van der Waals surface area contributed by atoms with E-state index in [0.29, 0.717) is 12.4 Å². The third-order valence-electron chi connectivity index (χ3n) is 6.64. The minimum absolute atomic E-state index is 0.0243. The topological polar surface area (TPSA) is 48.9 Å². The van der Waals surface area contributed by atoms with Crippen molar-refractivity contribution in [1.29, 1.82) is 0 Å². The highest BCUT2D eigenvalue weighted by Gasteiger charge is 2.28. The number of methoxy groups -OCH3 is 1. The van der Waals surface area contributed by atoms with Crippen molar-refractivity contribution in [1.82, 2.24) is 9.88 Å². The summed E-state index contributed by atoms with van der Waals surface area (Å²) in [4.78, 5) is 23.8. The number of piperazine rings is 1. The lowest BCUT2D eigenvalue weighted by Gasteiger charge is -2.37. The maximum absolute atomic E-state index is 13.8. The van der Waals surface area contributed by atoms with Crippen LogP contribution in [0.2, 0.25) is 0 Å². The molecule has 0 radical (unpaired) electrons. The molecule has 6 nitrogen and oxygen atoms in total. The number of halogens is 1. The van der Waals surface area contributed by atoms with Crippen LogP contribution in [0, 0.1) is 11.9 Å². The van der Waals surface area contributed by atoms with Crippen molar-refractivity contribution in [2.75, 3.05) is 56.2 Å². The molecule has 1 aromatic carbocycles. The minimum Gasteiger partial charge on any atom is -0.495 e. The van der Waals surface area contributed by atoms with E-state index in [-0.39, 0.29) is 11.8 Å². The molecule has 1 saturated carbocycles. The van der Waals surface area contributed by atoms with Crippen LogP contribution >= 0.6 is 0 Å². The number of carbonyl (C=O) groups is 1. The lowest BCUT2D eigenvalue weighted by atomic mass is 9.88. The van der Waals surface area contributed by atoms with Crippen LogP contribution in [-0.2, 0) is 4.79 Å². The summed E-state index contributed by atoms with van der Waals surface area (Å²) in [6.45, 7) is 4.88. The second kappa shape index (κ2) is 10.8. The van der Waals surface area contributed by atoms with Crippen molar-refractivity contribution in [3.8, 4) is 5.75 Å². The number of aromatic nitrogens is 1. The van der Waals surface area contributed by atoms with Gasteiger partial charge in [0, 0.05) is 45.2 Å². The number of para-hydroxylation sites is 2. The molecular weight excluding hydrogens is 406 g/mol. The van der Waals surface area contributed by atoms with Crippen LogP contribution in [0.15, 0.2) is 42.5 Å². The highest BCUT2D eigenvalue weighted by Crippen LogP contribution is 2.29.